The first kappa shape index (κ1) is 19.4. The van der Waals surface area contributed by atoms with E-state index >= 15 is 0 Å². The van der Waals surface area contributed by atoms with Gasteiger partial charge in [0.15, 0.2) is 0 Å². The molecule has 1 atom stereocenters. The molecule has 1 saturated heterocycles. The summed E-state index contributed by atoms with van der Waals surface area (Å²) < 4.78 is 1.85. The minimum absolute atomic E-state index is 0.0513. The summed E-state index contributed by atoms with van der Waals surface area (Å²) in [5, 5.41) is 4.66. The van der Waals surface area contributed by atoms with E-state index in [0.717, 1.165) is 49.3 Å². The fraction of sp³-hybridized carbons (Fsp3) is 0.375. The molecule has 5 nitrogen and oxygen atoms in total. The van der Waals surface area contributed by atoms with Gasteiger partial charge in [0.1, 0.15) is 5.82 Å². The lowest BCUT2D eigenvalue weighted by Crippen LogP contribution is -2.42. The van der Waals surface area contributed by atoms with Crippen molar-refractivity contribution in [2.24, 2.45) is 0 Å². The van der Waals surface area contributed by atoms with Gasteiger partial charge in [0.25, 0.3) is 5.91 Å². The lowest BCUT2D eigenvalue weighted by Gasteiger charge is -2.32. The number of aromatic nitrogens is 3. The predicted octanol–water partition coefficient (Wildman–Crippen LogP) is 4.38. The number of likely N-dealkylation sites (tertiary alicyclic amines) is 1. The van der Waals surface area contributed by atoms with E-state index < -0.39 is 0 Å². The first-order chi connectivity index (χ1) is 14.1. The van der Waals surface area contributed by atoms with Crippen LogP contribution in [0.5, 0.6) is 0 Å². The van der Waals surface area contributed by atoms with E-state index in [4.69, 9.17) is 4.98 Å². The minimum atomic E-state index is -0.0513. The zero-order valence-electron chi connectivity index (χ0n) is 17.2. The van der Waals surface area contributed by atoms with Crippen LogP contribution in [-0.2, 0) is 12.8 Å². The van der Waals surface area contributed by atoms with Crippen LogP contribution < -0.4 is 0 Å². The number of carbonyl (C=O) groups is 1. The van der Waals surface area contributed by atoms with E-state index in [0.29, 0.717) is 5.82 Å². The van der Waals surface area contributed by atoms with Gasteiger partial charge in [-0.25, -0.2) is 9.67 Å². The first-order valence-electron chi connectivity index (χ1n) is 10.5. The molecule has 0 saturated carbocycles. The van der Waals surface area contributed by atoms with Crippen LogP contribution in [0, 0.1) is 6.92 Å². The Morgan fingerprint density at radius 1 is 1.07 bits per heavy atom. The zero-order valence-corrected chi connectivity index (χ0v) is 17.2. The van der Waals surface area contributed by atoms with Crippen molar-refractivity contribution in [2.45, 2.75) is 52.0 Å². The molecule has 5 heteroatoms. The monoisotopic (exact) mass is 388 g/mol. The molecule has 0 aliphatic carbocycles. The van der Waals surface area contributed by atoms with E-state index in [9.17, 15) is 4.79 Å². The van der Waals surface area contributed by atoms with Crippen molar-refractivity contribution < 1.29 is 4.79 Å². The van der Waals surface area contributed by atoms with E-state index in [1.807, 2.05) is 39.9 Å². The molecular weight excluding hydrogens is 360 g/mol. The summed E-state index contributed by atoms with van der Waals surface area (Å²) in [6, 6.07) is 18.8. The summed E-state index contributed by atoms with van der Waals surface area (Å²) in [5.41, 5.74) is 3.36. The highest BCUT2D eigenvalue weighted by Gasteiger charge is 2.28. The van der Waals surface area contributed by atoms with Crippen LogP contribution in [0.1, 0.15) is 53.8 Å². The fourth-order valence-corrected chi connectivity index (χ4v) is 3.99. The van der Waals surface area contributed by atoms with Crippen molar-refractivity contribution in [2.75, 3.05) is 6.54 Å². The highest BCUT2D eigenvalue weighted by molar-refractivity contribution is 5.90. The summed E-state index contributed by atoms with van der Waals surface area (Å²) in [6.07, 6.45) is 4.87. The van der Waals surface area contributed by atoms with E-state index in [1.54, 1.807) is 0 Å². The van der Waals surface area contributed by atoms with E-state index in [1.165, 1.54) is 12.0 Å². The smallest absolute Gasteiger partial charge is 0.293 e. The van der Waals surface area contributed by atoms with Crippen LogP contribution in [0.3, 0.4) is 0 Å². The van der Waals surface area contributed by atoms with Crippen molar-refractivity contribution in [3.8, 4) is 5.69 Å². The maximum absolute atomic E-state index is 13.1. The van der Waals surface area contributed by atoms with Crippen LogP contribution in [0.15, 0.2) is 54.6 Å². The molecule has 1 aliphatic rings. The van der Waals surface area contributed by atoms with Crippen molar-refractivity contribution in [1.29, 1.82) is 0 Å². The fourth-order valence-electron chi connectivity index (χ4n) is 3.99. The number of hydrogen-bond donors (Lipinski definition) is 0. The first-order valence-corrected chi connectivity index (χ1v) is 10.5. The highest BCUT2D eigenvalue weighted by atomic mass is 16.2. The zero-order chi connectivity index (χ0) is 20.2. The van der Waals surface area contributed by atoms with Gasteiger partial charge in [-0.1, -0.05) is 42.5 Å². The second-order valence-electron chi connectivity index (χ2n) is 7.93. The number of hydrogen-bond acceptors (Lipinski definition) is 3. The number of piperidine rings is 1. The van der Waals surface area contributed by atoms with Crippen LogP contribution >= 0.6 is 0 Å². The van der Waals surface area contributed by atoms with Gasteiger partial charge in [0.05, 0.1) is 5.69 Å². The van der Waals surface area contributed by atoms with Gasteiger partial charge < -0.3 is 4.90 Å². The number of nitrogens with zero attached hydrogens (tertiary/aromatic N) is 4. The van der Waals surface area contributed by atoms with Crippen molar-refractivity contribution in [1.82, 2.24) is 19.7 Å². The Kier molecular flexibility index (Phi) is 5.74. The normalized spacial score (nSPS) is 16.8. The number of amides is 1. The van der Waals surface area contributed by atoms with Gasteiger partial charge in [-0.05, 0) is 62.8 Å². The van der Waals surface area contributed by atoms with Crippen LogP contribution in [0.25, 0.3) is 5.69 Å². The molecule has 4 rings (SSSR count). The van der Waals surface area contributed by atoms with Crippen molar-refractivity contribution >= 4 is 5.91 Å². The molecule has 1 fully saturated rings. The summed E-state index contributed by atoms with van der Waals surface area (Å²) >= 11 is 0. The third-order valence-electron chi connectivity index (χ3n) is 5.66. The molecule has 29 heavy (non-hydrogen) atoms. The number of rotatable bonds is 5. The largest absolute Gasteiger partial charge is 0.333 e. The summed E-state index contributed by atoms with van der Waals surface area (Å²) in [5.74, 6) is 1.08. The lowest BCUT2D eigenvalue weighted by atomic mass is 10.0. The molecule has 0 bridgehead atoms. The average molecular weight is 389 g/mol. The molecule has 1 unspecified atom stereocenters. The lowest BCUT2D eigenvalue weighted by molar-refractivity contribution is 0.0623. The maximum Gasteiger partial charge on any atom is 0.293 e. The minimum Gasteiger partial charge on any atom is -0.333 e. The van der Waals surface area contributed by atoms with Crippen LogP contribution in [0.4, 0.5) is 0 Å². The van der Waals surface area contributed by atoms with Crippen molar-refractivity contribution in [3.63, 3.8) is 0 Å². The second kappa shape index (κ2) is 8.60. The van der Waals surface area contributed by atoms with Crippen LogP contribution in [-0.4, -0.2) is 38.2 Å². The van der Waals surface area contributed by atoms with Crippen molar-refractivity contribution in [3.05, 3.63) is 77.4 Å². The Bertz CT molecular complexity index is 980. The van der Waals surface area contributed by atoms with Gasteiger partial charge in [0, 0.05) is 19.0 Å². The predicted molar refractivity (Wildman–Crippen MR) is 114 cm³/mol. The SMILES string of the molecule is Cc1cccc(-n2nc(C(=O)N3CCCCC3C)nc2CCc2ccccc2)c1. The molecule has 1 aliphatic heterocycles. The highest BCUT2D eigenvalue weighted by Crippen LogP contribution is 2.20. The summed E-state index contributed by atoms with van der Waals surface area (Å²) in [6.45, 7) is 4.97. The molecule has 1 aromatic heterocycles. The quantitative estimate of drug-likeness (QED) is 0.652. The summed E-state index contributed by atoms with van der Waals surface area (Å²) in [4.78, 5) is 19.8. The van der Waals surface area contributed by atoms with Gasteiger partial charge in [0.2, 0.25) is 5.82 Å². The van der Waals surface area contributed by atoms with E-state index in [-0.39, 0.29) is 11.9 Å². The molecule has 1 amide bonds. The standard InChI is InChI=1S/C24H28N4O/c1-18-9-8-13-21(17-18)28-22(15-14-20-11-4-3-5-12-20)25-23(26-28)24(29)27-16-7-6-10-19(27)2/h3-5,8-9,11-13,17,19H,6-7,10,14-16H2,1-2H3. The molecule has 0 spiro atoms. The Morgan fingerprint density at radius 3 is 2.66 bits per heavy atom. The average Bonchev–Trinajstić information content (AvgIpc) is 3.17. The maximum atomic E-state index is 13.1. The molecular formula is C24H28N4O. The Balaban J connectivity index is 1.65. The molecule has 3 aromatic rings. The molecule has 150 valence electrons. The second-order valence-corrected chi connectivity index (χ2v) is 7.93. The van der Waals surface area contributed by atoms with E-state index in [2.05, 4.69) is 43.2 Å². The Labute approximate surface area is 172 Å². The van der Waals surface area contributed by atoms with Crippen LogP contribution in [0.2, 0.25) is 0 Å². The molecule has 0 N–H and O–H groups in total. The third-order valence-corrected chi connectivity index (χ3v) is 5.66. The number of carbonyl (C=O) groups excluding carboxylic acids is 1. The van der Waals surface area contributed by atoms with Gasteiger partial charge >= 0.3 is 0 Å². The Morgan fingerprint density at radius 2 is 1.90 bits per heavy atom. The van der Waals surface area contributed by atoms with Gasteiger partial charge in [-0.2, -0.15) is 0 Å². The summed E-state index contributed by atoms with van der Waals surface area (Å²) in [7, 11) is 0. The Hall–Kier alpha value is -2.95. The van der Waals surface area contributed by atoms with Gasteiger partial charge in [-0.15, -0.1) is 5.10 Å². The van der Waals surface area contributed by atoms with Gasteiger partial charge in [-0.3, -0.25) is 4.79 Å². The molecule has 2 aromatic carbocycles. The number of benzene rings is 2. The third kappa shape index (κ3) is 4.39. The molecule has 2 heterocycles. The number of aryl methyl sites for hydroxylation is 3. The molecule has 0 radical (unpaired) electrons. The topological polar surface area (TPSA) is 51.0 Å².